The van der Waals surface area contributed by atoms with Gasteiger partial charge >= 0.3 is 0 Å². The first-order chi connectivity index (χ1) is 16.5. The molecule has 1 saturated heterocycles. The Bertz CT molecular complexity index is 1340. The molecule has 34 heavy (non-hydrogen) atoms. The summed E-state index contributed by atoms with van der Waals surface area (Å²) in [4.78, 5) is 16.9. The molecule has 3 N–H and O–H groups in total. The quantitative estimate of drug-likeness (QED) is 0.393. The van der Waals surface area contributed by atoms with E-state index in [1.54, 1.807) is 18.2 Å². The van der Waals surface area contributed by atoms with Gasteiger partial charge in [0, 0.05) is 66.5 Å². The molecule has 2 aliphatic rings. The van der Waals surface area contributed by atoms with Gasteiger partial charge in [-0.2, -0.15) is 15.1 Å². The van der Waals surface area contributed by atoms with Gasteiger partial charge in [-0.05, 0) is 45.0 Å². The smallest absolute Gasteiger partial charge is 0.233 e. The second kappa shape index (κ2) is 8.28. The van der Waals surface area contributed by atoms with Crippen molar-refractivity contribution in [3.05, 3.63) is 47.5 Å². The third-order valence-corrected chi connectivity index (χ3v) is 6.42. The summed E-state index contributed by atoms with van der Waals surface area (Å²) in [6, 6.07) is 8.96. The van der Waals surface area contributed by atoms with E-state index in [0.717, 1.165) is 48.9 Å². The summed E-state index contributed by atoms with van der Waals surface area (Å²) >= 11 is 0. The fourth-order valence-corrected chi connectivity index (χ4v) is 4.32. The standard InChI is InChI=1S/C24H27FN8O/c1-14-11-16-17(26-14)5-6-19(23(16)25)34-22-13-21(33-9-7-32(2)8-10-33)28-24(29-22)27-20-12-18(30-31-20)15-3-4-15/h5-6,11-13,15,26H,3-4,7-10H2,1-2H3,(H2,27,28,29,30,31). The van der Waals surface area contributed by atoms with Crippen LogP contribution in [0.3, 0.4) is 0 Å². The van der Waals surface area contributed by atoms with Crippen LogP contribution in [0.5, 0.6) is 11.6 Å². The van der Waals surface area contributed by atoms with Crippen LogP contribution in [0.4, 0.5) is 22.0 Å². The lowest BCUT2D eigenvalue weighted by Gasteiger charge is -2.33. The number of anilines is 3. The van der Waals surface area contributed by atoms with Gasteiger partial charge in [-0.25, -0.2) is 4.39 Å². The molecule has 6 rings (SSSR count). The molecule has 0 bridgehead atoms. The van der Waals surface area contributed by atoms with Crippen LogP contribution >= 0.6 is 0 Å². The summed E-state index contributed by atoms with van der Waals surface area (Å²) in [6.07, 6.45) is 2.37. The maximum atomic E-state index is 15.2. The maximum absolute atomic E-state index is 15.2. The minimum Gasteiger partial charge on any atom is -0.436 e. The molecule has 4 aromatic rings. The van der Waals surface area contributed by atoms with Gasteiger partial charge in [0.2, 0.25) is 11.8 Å². The Labute approximate surface area is 196 Å². The molecule has 1 aliphatic heterocycles. The van der Waals surface area contributed by atoms with Crippen molar-refractivity contribution in [1.82, 2.24) is 30.0 Å². The summed E-state index contributed by atoms with van der Waals surface area (Å²) in [7, 11) is 2.11. The number of aromatic nitrogens is 5. The molecule has 1 saturated carbocycles. The highest BCUT2D eigenvalue weighted by Crippen LogP contribution is 2.39. The number of ether oxygens (including phenoxy) is 1. The van der Waals surface area contributed by atoms with E-state index in [0.29, 0.717) is 23.1 Å². The molecule has 0 unspecified atom stereocenters. The molecule has 0 radical (unpaired) electrons. The number of rotatable bonds is 6. The molecule has 9 nitrogen and oxygen atoms in total. The van der Waals surface area contributed by atoms with Gasteiger partial charge in [-0.1, -0.05) is 0 Å². The number of fused-ring (bicyclic) bond motifs is 1. The van der Waals surface area contributed by atoms with Gasteiger partial charge < -0.3 is 24.8 Å². The van der Waals surface area contributed by atoms with E-state index in [9.17, 15) is 0 Å². The van der Waals surface area contributed by atoms with Gasteiger partial charge in [-0.15, -0.1) is 0 Å². The van der Waals surface area contributed by atoms with Crippen molar-refractivity contribution in [3.8, 4) is 11.6 Å². The first kappa shape index (κ1) is 20.9. The predicted octanol–water partition coefficient (Wildman–Crippen LogP) is 4.29. The lowest BCUT2D eigenvalue weighted by Crippen LogP contribution is -2.44. The number of likely N-dealkylation sites (N-methyl/N-ethyl adjacent to an activating group) is 1. The molecule has 1 aromatic carbocycles. The molecular weight excluding hydrogens is 435 g/mol. The largest absolute Gasteiger partial charge is 0.436 e. The van der Waals surface area contributed by atoms with Crippen molar-refractivity contribution < 1.29 is 9.13 Å². The van der Waals surface area contributed by atoms with Crippen molar-refractivity contribution >= 4 is 28.5 Å². The Morgan fingerprint density at radius 1 is 1.09 bits per heavy atom. The van der Waals surface area contributed by atoms with Gasteiger partial charge in [-0.3, -0.25) is 5.10 Å². The monoisotopic (exact) mass is 462 g/mol. The van der Waals surface area contributed by atoms with Crippen LogP contribution in [0.1, 0.15) is 30.1 Å². The average molecular weight is 463 g/mol. The number of piperazine rings is 1. The third-order valence-electron chi connectivity index (χ3n) is 6.42. The molecule has 0 amide bonds. The lowest BCUT2D eigenvalue weighted by molar-refractivity contribution is 0.312. The van der Waals surface area contributed by atoms with Gasteiger partial charge in [0.25, 0.3) is 0 Å². The summed E-state index contributed by atoms with van der Waals surface area (Å²) in [5, 5.41) is 11.1. The molecule has 10 heteroatoms. The van der Waals surface area contributed by atoms with E-state index in [4.69, 9.17) is 9.72 Å². The molecular formula is C24H27FN8O. The van der Waals surface area contributed by atoms with Crippen LogP contribution in [-0.4, -0.2) is 63.3 Å². The topological polar surface area (TPSA) is 98.0 Å². The Balaban J connectivity index is 1.32. The summed E-state index contributed by atoms with van der Waals surface area (Å²) in [5.74, 6) is 2.29. The van der Waals surface area contributed by atoms with Gasteiger partial charge in [0.1, 0.15) is 5.82 Å². The van der Waals surface area contributed by atoms with E-state index >= 15 is 4.39 Å². The number of halogens is 1. The van der Waals surface area contributed by atoms with E-state index in [-0.39, 0.29) is 11.6 Å². The molecule has 4 heterocycles. The average Bonchev–Trinajstić information content (AvgIpc) is 3.45. The third kappa shape index (κ3) is 4.16. The van der Waals surface area contributed by atoms with Crippen LogP contribution < -0.4 is 15.0 Å². The first-order valence-electron chi connectivity index (χ1n) is 11.6. The molecule has 0 spiro atoms. The number of aryl methyl sites for hydroxylation is 1. The van der Waals surface area contributed by atoms with Crippen molar-refractivity contribution in [2.75, 3.05) is 43.4 Å². The summed E-state index contributed by atoms with van der Waals surface area (Å²) < 4.78 is 21.1. The Morgan fingerprint density at radius 3 is 2.71 bits per heavy atom. The van der Waals surface area contributed by atoms with E-state index in [2.05, 4.69) is 42.3 Å². The minimum atomic E-state index is -0.419. The zero-order valence-electron chi connectivity index (χ0n) is 19.2. The number of nitrogens with one attached hydrogen (secondary N) is 3. The van der Waals surface area contributed by atoms with Crippen molar-refractivity contribution in [2.45, 2.75) is 25.7 Å². The normalized spacial score (nSPS) is 16.9. The highest BCUT2D eigenvalue weighted by molar-refractivity contribution is 5.82. The lowest BCUT2D eigenvalue weighted by atomic mass is 10.2. The Morgan fingerprint density at radius 2 is 1.91 bits per heavy atom. The highest BCUT2D eigenvalue weighted by atomic mass is 19.1. The highest BCUT2D eigenvalue weighted by Gasteiger charge is 2.26. The predicted molar refractivity (Wildman–Crippen MR) is 129 cm³/mol. The van der Waals surface area contributed by atoms with Gasteiger partial charge in [0.05, 0.1) is 0 Å². The van der Waals surface area contributed by atoms with Crippen LogP contribution in [0.2, 0.25) is 0 Å². The minimum absolute atomic E-state index is 0.122. The first-order valence-corrected chi connectivity index (χ1v) is 11.6. The number of nitrogens with zero attached hydrogens (tertiary/aromatic N) is 5. The fourth-order valence-electron chi connectivity index (χ4n) is 4.32. The van der Waals surface area contributed by atoms with Crippen molar-refractivity contribution in [1.29, 1.82) is 0 Å². The molecule has 2 fully saturated rings. The van der Waals surface area contributed by atoms with Crippen LogP contribution in [0.25, 0.3) is 10.9 Å². The Hall–Kier alpha value is -3.66. The SMILES string of the molecule is Cc1cc2c(F)c(Oc3cc(N4CCN(C)CC4)nc(Nc4cc(C5CC5)[nH]n4)n3)ccc2[nH]1. The number of hydrogen-bond acceptors (Lipinski definition) is 7. The zero-order chi connectivity index (χ0) is 23.2. The zero-order valence-corrected chi connectivity index (χ0v) is 19.2. The molecule has 3 aromatic heterocycles. The van der Waals surface area contributed by atoms with E-state index in [1.165, 1.54) is 12.8 Å². The second-order valence-corrected chi connectivity index (χ2v) is 9.18. The fraction of sp³-hybridized carbons (Fsp3) is 0.375. The van der Waals surface area contributed by atoms with Gasteiger partial charge in [0.15, 0.2) is 17.4 Å². The molecule has 0 atom stereocenters. The number of benzene rings is 1. The van der Waals surface area contributed by atoms with Crippen LogP contribution in [0, 0.1) is 12.7 Å². The molecule has 176 valence electrons. The van der Waals surface area contributed by atoms with E-state index < -0.39 is 5.82 Å². The maximum Gasteiger partial charge on any atom is 0.233 e. The number of hydrogen-bond donors (Lipinski definition) is 3. The van der Waals surface area contributed by atoms with Crippen LogP contribution in [0.15, 0.2) is 30.3 Å². The van der Waals surface area contributed by atoms with E-state index in [1.807, 2.05) is 19.1 Å². The summed E-state index contributed by atoms with van der Waals surface area (Å²) in [6.45, 7) is 5.44. The van der Waals surface area contributed by atoms with Crippen LogP contribution in [-0.2, 0) is 0 Å². The molecule has 1 aliphatic carbocycles. The van der Waals surface area contributed by atoms with Crippen molar-refractivity contribution in [2.24, 2.45) is 0 Å². The summed E-state index contributed by atoms with van der Waals surface area (Å²) in [5.41, 5.74) is 2.74. The second-order valence-electron chi connectivity index (χ2n) is 9.18. The number of H-pyrrole nitrogens is 2. The van der Waals surface area contributed by atoms with Crippen molar-refractivity contribution in [3.63, 3.8) is 0 Å². The number of aromatic amines is 2. The Kier molecular flexibility index (Phi) is 5.09.